The fourth-order valence-corrected chi connectivity index (χ4v) is 1.56. The Morgan fingerprint density at radius 3 is 2.69 bits per heavy atom. The lowest BCUT2D eigenvalue weighted by atomic mass is 9.88. The van der Waals surface area contributed by atoms with Crippen LogP contribution in [0.25, 0.3) is 0 Å². The second-order valence-corrected chi connectivity index (χ2v) is 5.23. The molecule has 1 N–H and O–H groups in total. The number of hydrogen-bond acceptors (Lipinski definition) is 3. The molecule has 0 amide bonds. The van der Waals surface area contributed by atoms with Gasteiger partial charge in [-0.2, -0.15) is 0 Å². The molecule has 1 aromatic heterocycles. The number of aromatic nitrogens is 1. The van der Waals surface area contributed by atoms with E-state index in [4.69, 9.17) is 4.74 Å². The second-order valence-electron chi connectivity index (χ2n) is 5.23. The molecule has 0 aliphatic carbocycles. The van der Waals surface area contributed by atoms with Crippen LogP contribution in [0.15, 0.2) is 18.5 Å². The predicted octanol–water partition coefficient (Wildman–Crippen LogP) is 2.95. The zero-order valence-electron chi connectivity index (χ0n) is 10.5. The van der Waals surface area contributed by atoms with E-state index in [1.165, 1.54) is 0 Å². The summed E-state index contributed by atoms with van der Waals surface area (Å²) in [6.45, 7) is 6.51. The molecule has 0 aliphatic rings. The average Bonchev–Trinajstić information content (AvgIpc) is 2.25. The van der Waals surface area contributed by atoms with E-state index >= 15 is 0 Å². The Kier molecular flexibility index (Phi) is 4.30. The first-order valence-corrected chi connectivity index (χ1v) is 5.60. The molecule has 0 saturated heterocycles. The Bertz CT molecular complexity index is 331. The fourth-order valence-electron chi connectivity index (χ4n) is 1.56. The van der Waals surface area contributed by atoms with Gasteiger partial charge in [0.1, 0.15) is 5.75 Å². The maximum atomic E-state index is 10.1. The summed E-state index contributed by atoms with van der Waals surface area (Å²) in [5.41, 5.74) is 1.06. The minimum Gasteiger partial charge on any atom is -0.495 e. The van der Waals surface area contributed by atoms with Gasteiger partial charge in [-0.15, -0.1) is 0 Å². The Morgan fingerprint density at radius 1 is 1.44 bits per heavy atom. The first kappa shape index (κ1) is 13.0. The molecule has 1 unspecified atom stereocenters. The summed E-state index contributed by atoms with van der Waals surface area (Å²) in [5, 5.41) is 10.1. The molecular weight excluding hydrogens is 202 g/mol. The van der Waals surface area contributed by atoms with E-state index in [1.807, 2.05) is 6.07 Å². The molecule has 3 nitrogen and oxygen atoms in total. The van der Waals surface area contributed by atoms with Crippen LogP contribution in [-0.4, -0.2) is 17.2 Å². The van der Waals surface area contributed by atoms with Crippen molar-refractivity contribution in [1.29, 1.82) is 0 Å². The zero-order chi connectivity index (χ0) is 12.2. The van der Waals surface area contributed by atoms with Crippen LogP contribution in [0, 0.1) is 5.41 Å². The Balaban J connectivity index is 2.69. The van der Waals surface area contributed by atoms with Crippen LogP contribution in [0.4, 0.5) is 0 Å². The summed E-state index contributed by atoms with van der Waals surface area (Å²) < 4.78 is 5.18. The highest BCUT2D eigenvalue weighted by Gasteiger charge is 2.17. The summed E-state index contributed by atoms with van der Waals surface area (Å²) in [4.78, 5) is 3.97. The average molecular weight is 223 g/mol. The van der Waals surface area contributed by atoms with Crippen molar-refractivity contribution in [3.8, 4) is 5.75 Å². The lowest BCUT2D eigenvalue weighted by molar-refractivity contribution is 0.144. The van der Waals surface area contributed by atoms with Crippen LogP contribution in [0.2, 0.25) is 0 Å². The molecule has 90 valence electrons. The van der Waals surface area contributed by atoms with E-state index in [9.17, 15) is 5.11 Å². The minimum atomic E-state index is -0.475. The van der Waals surface area contributed by atoms with Gasteiger partial charge in [0.15, 0.2) is 0 Å². The van der Waals surface area contributed by atoms with Gasteiger partial charge in [0.05, 0.1) is 19.4 Å². The van der Waals surface area contributed by atoms with Crippen molar-refractivity contribution in [3.63, 3.8) is 0 Å². The van der Waals surface area contributed by atoms with Gasteiger partial charge in [0.2, 0.25) is 0 Å². The number of aliphatic hydroxyl groups is 1. The van der Waals surface area contributed by atoms with Gasteiger partial charge < -0.3 is 9.84 Å². The third kappa shape index (κ3) is 3.81. The van der Waals surface area contributed by atoms with Gasteiger partial charge in [0.25, 0.3) is 0 Å². The number of rotatable bonds is 4. The number of aliphatic hydroxyl groups excluding tert-OH is 1. The van der Waals surface area contributed by atoms with Crippen LogP contribution in [-0.2, 0) is 0 Å². The monoisotopic (exact) mass is 223 g/mol. The predicted molar refractivity (Wildman–Crippen MR) is 64.4 cm³/mol. The normalized spacial score (nSPS) is 13.6. The van der Waals surface area contributed by atoms with E-state index in [0.29, 0.717) is 5.75 Å². The van der Waals surface area contributed by atoms with Crippen LogP contribution in [0.5, 0.6) is 5.75 Å². The maximum absolute atomic E-state index is 10.1. The molecule has 1 heterocycles. The van der Waals surface area contributed by atoms with Crippen LogP contribution >= 0.6 is 0 Å². The van der Waals surface area contributed by atoms with Gasteiger partial charge >= 0.3 is 0 Å². The molecule has 0 fully saturated rings. The van der Waals surface area contributed by atoms with Gasteiger partial charge in [-0.05, 0) is 24.3 Å². The Labute approximate surface area is 97.5 Å². The fraction of sp³-hybridized carbons (Fsp3) is 0.615. The number of ether oxygens (including phenoxy) is 1. The van der Waals surface area contributed by atoms with Gasteiger partial charge in [-0.3, -0.25) is 4.98 Å². The number of nitrogens with zero attached hydrogens (tertiary/aromatic N) is 1. The Morgan fingerprint density at radius 2 is 2.12 bits per heavy atom. The summed E-state index contributed by atoms with van der Waals surface area (Å²) in [6, 6.07) is 1.81. The first-order valence-electron chi connectivity index (χ1n) is 5.60. The lowest BCUT2D eigenvalue weighted by Gasteiger charge is -2.21. The third-order valence-electron chi connectivity index (χ3n) is 2.56. The molecule has 0 radical (unpaired) electrons. The highest BCUT2D eigenvalue weighted by molar-refractivity contribution is 5.31. The SMILES string of the molecule is COc1cnccc1C(O)CCC(C)(C)C. The van der Waals surface area contributed by atoms with E-state index in [0.717, 1.165) is 18.4 Å². The van der Waals surface area contributed by atoms with E-state index in [-0.39, 0.29) is 5.41 Å². The minimum absolute atomic E-state index is 0.237. The van der Waals surface area contributed by atoms with Crippen molar-refractivity contribution in [2.45, 2.75) is 39.7 Å². The largest absolute Gasteiger partial charge is 0.495 e. The van der Waals surface area contributed by atoms with E-state index in [1.54, 1.807) is 19.5 Å². The molecule has 1 rings (SSSR count). The zero-order valence-corrected chi connectivity index (χ0v) is 10.5. The van der Waals surface area contributed by atoms with Crippen molar-refractivity contribution in [1.82, 2.24) is 4.98 Å². The highest BCUT2D eigenvalue weighted by Crippen LogP contribution is 2.31. The first-order chi connectivity index (χ1) is 7.44. The van der Waals surface area contributed by atoms with Crippen LogP contribution in [0.1, 0.15) is 45.3 Å². The van der Waals surface area contributed by atoms with Crippen molar-refractivity contribution in [2.75, 3.05) is 7.11 Å². The van der Waals surface area contributed by atoms with Crippen molar-refractivity contribution in [2.24, 2.45) is 5.41 Å². The molecule has 0 saturated carbocycles. The molecule has 1 aromatic rings. The molecular formula is C13H21NO2. The molecule has 1 atom stereocenters. The van der Waals surface area contributed by atoms with Crippen molar-refractivity contribution < 1.29 is 9.84 Å². The summed E-state index contributed by atoms with van der Waals surface area (Å²) in [5.74, 6) is 0.656. The number of methoxy groups -OCH3 is 1. The Hall–Kier alpha value is -1.09. The summed E-state index contributed by atoms with van der Waals surface area (Å²) >= 11 is 0. The smallest absolute Gasteiger partial charge is 0.142 e. The van der Waals surface area contributed by atoms with Crippen LogP contribution < -0.4 is 4.74 Å². The van der Waals surface area contributed by atoms with Crippen molar-refractivity contribution >= 4 is 0 Å². The molecule has 16 heavy (non-hydrogen) atoms. The molecule has 0 spiro atoms. The molecule has 0 bridgehead atoms. The second kappa shape index (κ2) is 5.30. The topological polar surface area (TPSA) is 42.4 Å². The number of hydrogen-bond donors (Lipinski definition) is 1. The summed E-state index contributed by atoms with van der Waals surface area (Å²) in [7, 11) is 1.59. The number of pyridine rings is 1. The third-order valence-corrected chi connectivity index (χ3v) is 2.56. The molecule has 3 heteroatoms. The van der Waals surface area contributed by atoms with Crippen molar-refractivity contribution in [3.05, 3.63) is 24.0 Å². The van der Waals surface area contributed by atoms with Gasteiger partial charge in [-0.1, -0.05) is 20.8 Å². The van der Waals surface area contributed by atoms with E-state index in [2.05, 4.69) is 25.8 Å². The quantitative estimate of drug-likeness (QED) is 0.853. The maximum Gasteiger partial charge on any atom is 0.142 e. The molecule has 0 aliphatic heterocycles. The van der Waals surface area contributed by atoms with E-state index < -0.39 is 6.10 Å². The van der Waals surface area contributed by atoms with Gasteiger partial charge in [0, 0.05) is 11.8 Å². The molecule has 0 aromatic carbocycles. The highest BCUT2D eigenvalue weighted by atomic mass is 16.5. The lowest BCUT2D eigenvalue weighted by Crippen LogP contribution is -2.09. The summed E-state index contributed by atoms with van der Waals surface area (Å²) in [6.07, 6.45) is 4.55. The standard InChI is InChI=1S/C13H21NO2/c1-13(2,3)7-5-11(15)10-6-8-14-9-12(10)16-4/h6,8-9,11,15H,5,7H2,1-4H3. The van der Waals surface area contributed by atoms with Crippen LogP contribution in [0.3, 0.4) is 0 Å². The van der Waals surface area contributed by atoms with Gasteiger partial charge in [-0.25, -0.2) is 0 Å².